The molecule has 1 aromatic heterocycles. The number of halogens is 3. The van der Waals surface area contributed by atoms with Gasteiger partial charge in [-0.05, 0) is 13.0 Å². The lowest BCUT2D eigenvalue weighted by molar-refractivity contribution is -0.143. The summed E-state index contributed by atoms with van der Waals surface area (Å²) in [6.07, 6.45) is -3.96. The molecule has 4 nitrogen and oxygen atoms in total. The molecule has 0 bridgehead atoms. The van der Waals surface area contributed by atoms with E-state index in [0.29, 0.717) is 12.3 Å². The molecule has 0 spiro atoms. The van der Waals surface area contributed by atoms with Crippen LogP contribution in [0.2, 0.25) is 0 Å². The second kappa shape index (κ2) is 5.70. The van der Waals surface area contributed by atoms with Gasteiger partial charge in [-0.15, -0.1) is 0 Å². The van der Waals surface area contributed by atoms with E-state index < -0.39 is 23.3 Å². The molecule has 1 rings (SSSR count). The van der Waals surface area contributed by atoms with Crippen LogP contribution in [0.1, 0.15) is 18.9 Å². The highest BCUT2D eigenvalue weighted by atomic mass is 19.4. The number of rotatable bonds is 4. The lowest BCUT2D eigenvalue weighted by Crippen LogP contribution is -2.23. The van der Waals surface area contributed by atoms with Gasteiger partial charge in [0.05, 0.1) is 18.6 Å². The molecular formula is C11H12F3NO3. The molecule has 0 atom stereocenters. The van der Waals surface area contributed by atoms with Crippen LogP contribution in [0.5, 0.6) is 0 Å². The zero-order valence-corrected chi connectivity index (χ0v) is 9.66. The summed E-state index contributed by atoms with van der Waals surface area (Å²) in [6.45, 7) is 1.67. The average molecular weight is 263 g/mol. The largest absolute Gasteiger partial charge is 0.466 e. The standard InChI is InChI=1S/C11H12F3NO3/c1-2-18-10(17)5-6-15-7-8(11(12,13)14)3-4-9(15)16/h3-4,7H,2,5-6H2,1H3. The Hall–Kier alpha value is -1.79. The van der Waals surface area contributed by atoms with Crippen molar-refractivity contribution in [2.24, 2.45) is 0 Å². The Morgan fingerprint density at radius 3 is 2.61 bits per heavy atom. The van der Waals surface area contributed by atoms with E-state index in [1.165, 1.54) is 0 Å². The number of aryl methyl sites for hydroxylation is 1. The van der Waals surface area contributed by atoms with Crippen LogP contribution in [-0.4, -0.2) is 17.1 Å². The van der Waals surface area contributed by atoms with Crippen LogP contribution >= 0.6 is 0 Å². The maximum absolute atomic E-state index is 12.4. The van der Waals surface area contributed by atoms with Crippen molar-refractivity contribution in [2.45, 2.75) is 26.1 Å². The topological polar surface area (TPSA) is 48.3 Å². The predicted molar refractivity (Wildman–Crippen MR) is 57.0 cm³/mol. The first-order valence-electron chi connectivity index (χ1n) is 5.28. The van der Waals surface area contributed by atoms with Crippen molar-refractivity contribution < 1.29 is 22.7 Å². The van der Waals surface area contributed by atoms with Gasteiger partial charge in [0.1, 0.15) is 0 Å². The van der Waals surface area contributed by atoms with E-state index in [1.807, 2.05) is 0 Å². The Morgan fingerprint density at radius 2 is 2.06 bits per heavy atom. The molecule has 0 saturated carbocycles. The van der Waals surface area contributed by atoms with E-state index in [2.05, 4.69) is 4.74 Å². The summed E-state index contributed by atoms with van der Waals surface area (Å²) in [5.41, 5.74) is -1.52. The molecule has 0 radical (unpaired) electrons. The van der Waals surface area contributed by atoms with Crippen molar-refractivity contribution in [3.8, 4) is 0 Å². The number of pyridine rings is 1. The number of ether oxygens (including phenoxy) is 1. The van der Waals surface area contributed by atoms with E-state index >= 15 is 0 Å². The molecule has 0 aliphatic heterocycles. The molecule has 100 valence electrons. The quantitative estimate of drug-likeness (QED) is 0.778. The third-order valence-corrected chi connectivity index (χ3v) is 2.17. The third kappa shape index (κ3) is 3.90. The second-order valence-corrected chi connectivity index (χ2v) is 3.50. The number of aromatic nitrogens is 1. The Morgan fingerprint density at radius 1 is 1.39 bits per heavy atom. The van der Waals surface area contributed by atoms with Gasteiger partial charge in [-0.1, -0.05) is 0 Å². The fourth-order valence-corrected chi connectivity index (χ4v) is 1.32. The smallest absolute Gasteiger partial charge is 0.417 e. The minimum Gasteiger partial charge on any atom is -0.466 e. The van der Waals surface area contributed by atoms with Crippen molar-refractivity contribution in [1.82, 2.24) is 4.57 Å². The van der Waals surface area contributed by atoms with Crippen molar-refractivity contribution in [3.05, 3.63) is 34.2 Å². The molecule has 0 aliphatic rings. The molecule has 0 aromatic carbocycles. The highest BCUT2D eigenvalue weighted by molar-refractivity contribution is 5.69. The average Bonchev–Trinajstić information content (AvgIpc) is 2.26. The second-order valence-electron chi connectivity index (χ2n) is 3.50. The monoisotopic (exact) mass is 263 g/mol. The molecule has 0 saturated heterocycles. The first-order chi connectivity index (χ1) is 8.34. The Balaban J connectivity index is 2.82. The molecule has 18 heavy (non-hydrogen) atoms. The zero-order chi connectivity index (χ0) is 13.8. The number of hydrogen-bond donors (Lipinski definition) is 0. The van der Waals surface area contributed by atoms with E-state index in [9.17, 15) is 22.8 Å². The molecular weight excluding hydrogens is 251 g/mol. The minimum absolute atomic E-state index is 0.137. The molecule has 0 amide bonds. The van der Waals surface area contributed by atoms with Gasteiger partial charge in [0.25, 0.3) is 5.56 Å². The molecule has 7 heteroatoms. The first-order valence-corrected chi connectivity index (χ1v) is 5.28. The van der Waals surface area contributed by atoms with Gasteiger partial charge >= 0.3 is 12.1 Å². The zero-order valence-electron chi connectivity index (χ0n) is 9.66. The number of hydrogen-bond acceptors (Lipinski definition) is 3. The Kier molecular flexibility index (Phi) is 4.52. The van der Waals surface area contributed by atoms with Crippen LogP contribution in [0.15, 0.2) is 23.1 Å². The van der Waals surface area contributed by atoms with Gasteiger partial charge in [-0.3, -0.25) is 9.59 Å². The fraction of sp³-hybridized carbons (Fsp3) is 0.455. The molecule has 1 aromatic rings. The minimum atomic E-state index is -4.51. The number of esters is 1. The summed E-state index contributed by atoms with van der Waals surface area (Å²) in [7, 11) is 0. The number of alkyl halides is 3. The van der Waals surface area contributed by atoms with E-state index in [4.69, 9.17) is 0 Å². The van der Waals surface area contributed by atoms with E-state index in [1.54, 1.807) is 6.92 Å². The summed E-state index contributed by atoms with van der Waals surface area (Å²) < 4.78 is 42.7. The summed E-state index contributed by atoms with van der Waals surface area (Å²) >= 11 is 0. The summed E-state index contributed by atoms with van der Waals surface area (Å²) in [5.74, 6) is -0.554. The van der Waals surface area contributed by atoms with Crippen molar-refractivity contribution in [1.29, 1.82) is 0 Å². The van der Waals surface area contributed by atoms with Crippen molar-refractivity contribution >= 4 is 5.97 Å². The maximum atomic E-state index is 12.4. The fourth-order valence-electron chi connectivity index (χ4n) is 1.32. The lowest BCUT2D eigenvalue weighted by atomic mass is 10.2. The van der Waals surface area contributed by atoms with Crippen LogP contribution in [-0.2, 0) is 22.3 Å². The predicted octanol–water partition coefficient (Wildman–Crippen LogP) is 1.82. The summed E-state index contributed by atoms with van der Waals surface area (Å²) in [4.78, 5) is 22.4. The number of carbonyl (C=O) groups is 1. The first kappa shape index (κ1) is 14.3. The lowest BCUT2D eigenvalue weighted by Gasteiger charge is -2.10. The number of nitrogens with zero attached hydrogens (tertiary/aromatic N) is 1. The molecule has 0 fully saturated rings. The SMILES string of the molecule is CCOC(=O)CCn1cc(C(F)(F)F)ccc1=O. The van der Waals surface area contributed by atoms with E-state index in [0.717, 1.165) is 10.6 Å². The van der Waals surface area contributed by atoms with Gasteiger partial charge in [-0.2, -0.15) is 13.2 Å². The van der Waals surface area contributed by atoms with Crippen LogP contribution in [0.3, 0.4) is 0 Å². The van der Waals surface area contributed by atoms with E-state index in [-0.39, 0.29) is 19.6 Å². The molecule has 0 N–H and O–H groups in total. The molecule has 0 aliphatic carbocycles. The molecule has 1 heterocycles. The van der Waals surface area contributed by atoms with Crippen LogP contribution in [0, 0.1) is 0 Å². The summed E-state index contributed by atoms with van der Waals surface area (Å²) in [6, 6.07) is 1.54. The van der Waals surface area contributed by atoms with Crippen LogP contribution < -0.4 is 5.56 Å². The highest BCUT2D eigenvalue weighted by Crippen LogP contribution is 2.27. The van der Waals surface area contributed by atoms with Gasteiger partial charge in [-0.25, -0.2) is 0 Å². The van der Waals surface area contributed by atoms with Gasteiger partial charge < -0.3 is 9.30 Å². The van der Waals surface area contributed by atoms with Crippen molar-refractivity contribution in [3.63, 3.8) is 0 Å². The normalized spacial score (nSPS) is 11.3. The van der Waals surface area contributed by atoms with Crippen LogP contribution in [0.4, 0.5) is 13.2 Å². The Bertz CT molecular complexity index is 479. The van der Waals surface area contributed by atoms with Gasteiger partial charge in [0.15, 0.2) is 0 Å². The third-order valence-electron chi connectivity index (χ3n) is 2.17. The maximum Gasteiger partial charge on any atom is 0.417 e. The van der Waals surface area contributed by atoms with Crippen LogP contribution in [0.25, 0.3) is 0 Å². The number of carbonyl (C=O) groups excluding carboxylic acids is 1. The Labute approximate surface area is 101 Å². The summed E-state index contributed by atoms with van der Waals surface area (Å²) in [5, 5.41) is 0. The highest BCUT2D eigenvalue weighted by Gasteiger charge is 2.31. The van der Waals surface area contributed by atoms with Gasteiger partial charge in [0, 0.05) is 18.8 Å². The van der Waals surface area contributed by atoms with Crippen molar-refractivity contribution in [2.75, 3.05) is 6.61 Å². The van der Waals surface area contributed by atoms with Gasteiger partial charge in [0.2, 0.25) is 0 Å². The molecule has 0 unspecified atom stereocenters.